The fourth-order valence-corrected chi connectivity index (χ4v) is 0. The first-order valence-electron chi connectivity index (χ1n) is 1.69. The Labute approximate surface area is 94.2 Å². The van der Waals surface area contributed by atoms with Crippen molar-refractivity contribution in [3.8, 4) is 0 Å². The van der Waals surface area contributed by atoms with Gasteiger partial charge < -0.3 is 22.3 Å². The van der Waals surface area contributed by atoms with Crippen LogP contribution in [0.4, 0.5) is 0 Å². The third-order valence-electron chi connectivity index (χ3n) is 0.129. The molecule has 0 fully saturated rings. The molecule has 0 aromatic heterocycles. The molecule has 0 unspecified atom stereocenters. The first-order valence-corrected chi connectivity index (χ1v) is 1.69. The molecule has 0 aromatic rings. The van der Waals surface area contributed by atoms with Crippen LogP contribution >= 0.6 is 0 Å². The number of hydrogen-bond acceptors (Lipinski definition) is 2. The van der Waals surface area contributed by atoms with Crippen LogP contribution in [0.5, 0.6) is 0 Å². The van der Waals surface area contributed by atoms with Crippen LogP contribution in [-0.2, 0) is 38.2 Å². The summed E-state index contributed by atoms with van der Waals surface area (Å²) < 4.78 is 22.5. The van der Waals surface area contributed by atoms with Crippen molar-refractivity contribution in [1.29, 1.82) is 0 Å². The number of halogens is 1. The summed E-state index contributed by atoms with van der Waals surface area (Å²) in [5.74, 6) is -1.44. The summed E-state index contributed by atoms with van der Waals surface area (Å²) in [6.45, 7) is 12.6. The van der Waals surface area contributed by atoms with E-state index in [9.17, 15) is 0 Å². The van der Waals surface area contributed by atoms with Crippen LogP contribution in [0.15, 0.2) is 0 Å². The molecule has 0 saturated heterocycles. The third-order valence-corrected chi connectivity index (χ3v) is 0.129. The molecule has 71 valence electrons. The Hall–Kier alpha value is -0.437. The Morgan fingerprint density at radius 1 is 1.15 bits per heavy atom. The van der Waals surface area contributed by atoms with Crippen molar-refractivity contribution in [1.82, 2.24) is 5.73 Å². The largest absolute Gasteiger partial charge is 1.00 e. The fraction of sp³-hybridized carbons (Fsp3) is 0.200. The fourth-order valence-electron chi connectivity index (χ4n) is 0. The number of carbonyl (C=O) groups is 1. The molecular formula is C5H2ClNO5Ru+. The van der Waals surface area contributed by atoms with E-state index in [1.807, 2.05) is 0 Å². The second-order valence-electron chi connectivity index (χ2n) is 0.530. The number of nitrogens with zero attached hydrogens (tertiary/aromatic N) is 1. The summed E-state index contributed by atoms with van der Waals surface area (Å²) in [7, 11) is 0. The molecule has 0 saturated carbocycles. The molecule has 0 bridgehead atoms. The zero-order valence-corrected chi connectivity index (χ0v) is 8.42. The Morgan fingerprint density at radius 3 is 1.23 bits per heavy atom. The molecule has 0 heterocycles. The van der Waals surface area contributed by atoms with E-state index in [0.717, 1.165) is 0 Å². The van der Waals surface area contributed by atoms with E-state index in [-0.39, 0.29) is 31.9 Å². The SMILES string of the molecule is [C]#[O+].[C]#[O+].[C]#[O+].[Cl-].[N]CC(=O)[O-].[Ru]. The maximum atomic E-state index is 9.01. The van der Waals surface area contributed by atoms with Gasteiger partial charge in [-0.1, -0.05) is 0 Å². The van der Waals surface area contributed by atoms with Crippen LogP contribution in [0.2, 0.25) is 0 Å². The Kier molecular flexibility index (Phi) is 305. The molecule has 0 rings (SSSR count). The number of rotatable bonds is 1. The van der Waals surface area contributed by atoms with Crippen molar-refractivity contribution < 1.29 is 55.7 Å². The minimum Gasteiger partial charge on any atom is -1.00 e. The molecule has 0 atom stereocenters. The zero-order chi connectivity index (χ0) is 10.3. The molecule has 0 spiro atoms. The number of aliphatic carboxylic acids is 1. The number of carbonyl (C=O) groups excluding carboxylic acids is 1. The summed E-state index contributed by atoms with van der Waals surface area (Å²) in [6.07, 6.45) is 0. The van der Waals surface area contributed by atoms with Crippen molar-refractivity contribution in [3.63, 3.8) is 0 Å². The molecule has 0 aliphatic carbocycles. The molecule has 0 amide bonds. The van der Waals surface area contributed by atoms with Gasteiger partial charge >= 0.3 is 33.9 Å². The normalized spacial score (nSPS) is 3.31. The molecule has 5 radical (unpaired) electrons. The van der Waals surface area contributed by atoms with Gasteiger partial charge in [-0.2, -0.15) is 0 Å². The average Bonchev–Trinajstić information content (AvgIpc) is 2.15. The molecule has 0 aliphatic rings. The van der Waals surface area contributed by atoms with Crippen LogP contribution in [0.1, 0.15) is 0 Å². The smallest absolute Gasteiger partial charge is 0.0718 e. The van der Waals surface area contributed by atoms with E-state index < -0.39 is 12.5 Å². The third kappa shape index (κ3) is 433. The second kappa shape index (κ2) is 102. The van der Waals surface area contributed by atoms with Crippen molar-refractivity contribution in [2.75, 3.05) is 6.54 Å². The Morgan fingerprint density at radius 2 is 1.23 bits per heavy atom. The van der Waals surface area contributed by atoms with Gasteiger partial charge in [0.15, 0.2) is 0 Å². The topological polar surface area (TPSA) is 122 Å². The van der Waals surface area contributed by atoms with E-state index in [4.69, 9.17) is 29.6 Å². The average molecular weight is 293 g/mol. The van der Waals surface area contributed by atoms with Gasteiger partial charge in [0, 0.05) is 19.5 Å². The van der Waals surface area contributed by atoms with Gasteiger partial charge in [0.05, 0.1) is 12.5 Å². The quantitative estimate of drug-likeness (QED) is 0.354. The Bertz CT molecular complexity index is 120. The summed E-state index contributed by atoms with van der Waals surface area (Å²) in [5, 5.41) is 9.01. The molecule has 8 heteroatoms. The second-order valence-corrected chi connectivity index (χ2v) is 0.530. The maximum Gasteiger partial charge on any atom is 0.0718 e. The molecule has 6 nitrogen and oxygen atoms in total. The number of carboxylic acids is 1. The number of carboxylic acid groups (broad SMARTS) is 1. The summed E-state index contributed by atoms with van der Waals surface area (Å²) in [4.78, 5) is 9.01. The van der Waals surface area contributed by atoms with Crippen LogP contribution in [-0.4, -0.2) is 12.5 Å². The summed E-state index contributed by atoms with van der Waals surface area (Å²) >= 11 is 0. The van der Waals surface area contributed by atoms with Gasteiger partial charge in [-0.05, 0) is 0 Å². The minimum absolute atomic E-state index is 0. The monoisotopic (exact) mass is 293 g/mol. The molecule has 13 heavy (non-hydrogen) atoms. The maximum absolute atomic E-state index is 9.01. The standard InChI is InChI=1S/C2H3NO2.3CO.ClH.Ru/c3-1-2(4)5;3*1-2;;/h1H2,(H,4,5);;;;1H;/q;3*+1;;/p-2. The van der Waals surface area contributed by atoms with E-state index in [1.165, 1.54) is 0 Å². The predicted molar refractivity (Wildman–Crippen MR) is 23.8 cm³/mol. The molecule has 0 N–H and O–H groups in total. The van der Waals surface area contributed by atoms with Gasteiger partial charge in [-0.3, -0.25) is 0 Å². The molecule has 0 aliphatic heterocycles. The van der Waals surface area contributed by atoms with E-state index >= 15 is 0 Å². The summed E-state index contributed by atoms with van der Waals surface area (Å²) in [5.41, 5.74) is 7.48. The zero-order valence-electron chi connectivity index (χ0n) is 5.93. The van der Waals surface area contributed by atoms with Crippen molar-refractivity contribution >= 4 is 5.97 Å². The van der Waals surface area contributed by atoms with Crippen LogP contribution < -0.4 is 23.2 Å². The van der Waals surface area contributed by atoms with Gasteiger partial charge in [0.1, 0.15) is 0 Å². The first-order chi connectivity index (χ1) is 5.27. The van der Waals surface area contributed by atoms with Crippen molar-refractivity contribution in [2.24, 2.45) is 0 Å². The van der Waals surface area contributed by atoms with E-state index in [0.29, 0.717) is 0 Å². The molecular weight excluding hydrogens is 291 g/mol. The van der Waals surface area contributed by atoms with E-state index in [1.54, 1.807) is 0 Å². The van der Waals surface area contributed by atoms with Crippen molar-refractivity contribution in [2.45, 2.75) is 0 Å². The minimum atomic E-state index is -1.44. The first kappa shape index (κ1) is 39.0. The Balaban J connectivity index is -0.0000000135. The van der Waals surface area contributed by atoms with Crippen LogP contribution in [0.3, 0.4) is 0 Å². The van der Waals surface area contributed by atoms with Gasteiger partial charge in [-0.15, -0.1) is 5.73 Å². The van der Waals surface area contributed by atoms with E-state index in [2.05, 4.69) is 20.0 Å². The van der Waals surface area contributed by atoms with Gasteiger partial charge in [0.25, 0.3) is 0 Å². The predicted octanol–water partition coefficient (Wildman–Crippen LogP) is -5.31. The van der Waals surface area contributed by atoms with Crippen LogP contribution in [0, 0.1) is 20.0 Å². The number of hydrogen-bond donors (Lipinski definition) is 0. The van der Waals surface area contributed by atoms with Crippen LogP contribution in [0.25, 0.3) is 0 Å². The molecule has 0 aromatic carbocycles. The van der Waals surface area contributed by atoms with Crippen molar-refractivity contribution in [3.05, 3.63) is 20.0 Å². The van der Waals surface area contributed by atoms with Gasteiger partial charge in [-0.25, -0.2) is 0 Å². The summed E-state index contributed by atoms with van der Waals surface area (Å²) in [6, 6.07) is 0. The van der Waals surface area contributed by atoms with Gasteiger partial charge in [0.2, 0.25) is 0 Å².